The second-order valence-corrected chi connectivity index (χ2v) is 7.56. The lowest BCUT2D eigenvalue weighted by molar-refractivity contribution is -0.908. The van der Waals surface area contributed by atoms with E-state index in [-0.39, 0.29) is 5.56 Å². The van der Waals surface area contributed by atoms with Crippen LogP contribution in [0.1, 0.15) is 23.2 Å². The van der Waals surface area contributed by atoms with Gasteiger partial charge in [0.05, 0.1) is 12.1 Å². The van der Waals surface area contributed by atoms with E-state index in [1.165, 1.54) is 20.8 Å². The maximum Gasteiger partial charge on any atom is 0.275 e. The first-order valence-corrected chi connectivity index (χ1v) is 9.17. The van der Waals surface area contributed by atoms with Gasteiger partial charge in [-0.15, -0.1) is 0 Å². The summed E-state index contributed by atoms with van der Waals surface area (Å²) in [4.78, 5) is 18.6. The average Bonchev–Trinajstić information content (AvgIpc) is 2.94. The quantitative estimate of drug-likeness (QED) is 0.734. The van der Waals surface area contributed by atoms with Gasteiger partial charge in [0.1, 0.15) is 23.8 Å². The Morgan fingerprint density at radius 2 is 2.04 bits per heavy atom. The Hall–Kier alpha value is -1.47. The second kappa shape index (κ2) is 7.19. The van der Waals surface area contributed by atoms with Crippen molar-refractivity contribution in [1.29, 1.82) is 0 Å². The first-order valence-electron chi connectivity index (χ1n) is 7.60. The predicted octanol–water partition coefficient (Wildman–Crippen LogP) is 2.24. The molecule has 0 fully saturated rings. The van der Waals surface area contributed by atoms with Gasteiger partial charge in [-0.05, 0) is 18.6 Å². The summed E-state index contributed by atoms with van der Waals surface area (Å²) in [6, 6.07) is 7.05. The molecule has 0 spiro atoms. The van der Waals surface area contributed by atoms with E-state index in [1.807, 2.05) is 26.1 Å². The molecule has 2 aromatic heterocycles. The Kier molecular flexibility index (Phi) is 5.20. The highest BCUT2D eigenvalue weighted by Crippen LogP contribution is 2.20. The van der Waals surface area contributed by atoms with E-state index in [9.17, 15) is 4.79 Å². The van der Waals surface area contributed by atoms with Gasteiger partial charge in [0, 0.05) is 16.7 Å². The van der Waals surface area contributed by atoms with Gasteiger partial charge in [-0.1, -0.05) is 47.5 Å². The lowest BCUT2D eigenvalue weighted by Crippen LogP contribution is -3.06. The van der Waals surface area contributed by atoms with Crippen molar-refractivity contribution >= 4 is 39.5 Å². The molecular formula is C16H17Cl2N4OS+. The molecule has 1 N–H and O–H groups in total. The molecule has 1 aromatic carbocycles. The van der Waals surface area contributed by atoms with Gasteiger partial charge in [0.15, 0.2) is 0 Å². The molecule has 1 atom stereocenters. The Balaban J connectivity index is 1.79. The zero-order valence-corrected chi connectivity index (χ0v) is 15.7. The van der Waals surface area contributed by atoms with Crippen LogP contribution in [-0.2, 0) is 19.5 Å². The fourth-order valence-electron chi connectivity index (χ4n) is 2.49. The standard InChI is InChI=1S/C16H16Cl2N4OS/c1-3-14-20-22-15(23)7-12(19-16(22)24-14)9-21(2)8-10-4-5-11(17)6-13(10)18/h4-7H,3,8-9H2,1-2H3/p+1. The molecule has 1 unspecified atom stereocenters. The number of quaternary nitrogens is 1. The van der Waals surface area contributed by atoms with Crippen molar-refractivity contribution in [3.63, 3.8) is 0 Å². The van der Waals surface area contributed by atoms with Crippen molar-refractivity contribution in [2.45, 2.75) is 26.4 Å². The topological polar surface area (TPSA) is 51.7 Å². The summed E-state index contributed by atoms with van der Waals surface area (Å²) in [6.45, 7) is 3.36. The predicted molar refractivity (Wildman–Crippen MR) is 97.3 cm³/mol. The van der Waals surface area contributed by atoms with Crippen molar-refractivity contribution in [2.24, 2.45) is 0 Å². The van der Waals surface area contributed by atoms with Crippen molar-refractivity contribution in [3.05, 3.63) is 60.9 Å². The van der Waals surface area contributed by atoms with E-state index in [0.29, 0.717) is 21.6 Å². The Bertz CT molecular complexity index is 937. The average molecular weight is 384 g/mol. The third-order valence-electron chi connectivity index (χ3n) is 3.63. The number of hydrogen-bond acceptors (Lipinski definition) is 4. The van der Waals surface area contributed by atoms with E-state index in [2.05, 4.69) is 10.1 Å². The normalized spacial score (nSPS) is 12.7. The maximum atomic E-state index is 12.2. The molecule has 24 heavy (non-hydrogen) atoms. The van der Waals surface area contributed by atoms with Gasteiger partial charge in [-0.3, -0.25) is 4.79 Å². The van der Waals surface area contributed by atoms with Gasteiger partial charge in [-0.2, -0.15) is 9.61 Å². The third kappa shape index (κ3) is 3.78. The smallest absolute Gasteiger partial charge is 0.275 e. The highest BCUT2D eigenvalue weighted by atomic mass is 35.5. The number of rotatable bonds is 5. The molecule has 3 rings (SSSR count). The first-order chi connectivity index (χ1) is 11.5. The first kappa shape index (κ1) is 17.4. The number of hydrogen-bond donors (Lipinski definition) is 1. The van der Waals surface area contributed by atoms with Gasteiger partial charge in [-0.25, -0.2) is 4.98 Å². The fraction of sp³-hybridized carbons (Fsp3) is 0.312. The van der Waals surface area contributed by atoms with Crippen LogP contribution >= 0.6 is 34.5 Å². The summed E-state index contributed by atoms with van der Waals surface area (Å²) in [5.74, 6) is 0. The highest BCUT2D eigenvalue weighted by Gasteiger charge is 2.13. The summed E-state index contributed by atoms with van der Waals surface area (Å²) in [5.41, 5.74) is 1.64. The van der Waals surface area contributed by atoms with E-state index < -0.39 is 0 Å². The van der Waals surface area contributed by atoms with Crippen LogP contribution in [0.5, 0.6) is 0 Å². The van der Waals surface area contributed by atoms with E-state index in [1.54, 1.807) is 12.1 Å². The summed E-state index contributed by atoms with van der Waals surface area (Å²) in [6.07, 6.45) is 0.795. The zero-order chi connectivity index (χ0) is 17.3. The van der Waals surface area contributed by atoms with Crippen molar-refractivity contribution in [1.82, 2.24) is 14.6 Å². The fourth-order valence-corrected chi connectivity index (χ4v) is 3.82. The minimum Gasteiger partial charge on any atom is -0.329 e. The van der Waals surface area contributed by atoms with Crippen LogP contribution in [0, 0.1) is 0 Å². The largest absolute Gasteiger partial charge is 0.329 e. The van der Waals surface area contributed by atoms with Crippen LogP contribution < -0.4 is 10.5 Å². The molecule has 0 saturated heterocycles. The summed E-state index contributed by atoms with van der Waals surface area (Å²) in [5, 5.41) is 6.45. The number of fused-ring (bicyclic) bond motifs is 1. The minimum atomic E-state index is -0.136. The van der Waals surface area contributed by atoms with Crippen molar-refractivity contribution in [2.75, 3.05) is 7.05 Å². The van der Waals surface area contributed by atoms with Crippen LogP contribution in [0.15, 0.2) is 29.1 Å². The van der Waals surface area contributed by atoms with Crippen molar-refractivity contribution in [3.8, 4) is 0 Å². The zero-order valence-electron chi connectivity index (χ0n) is 13.3. The molecule has 0 bridgehead atoms. The minimum absolute atomic E-state index is 0.136. The number of nitrogens with one attached hydrogen (secondary N) is 1. The number of nitrogens with zero attached hydrogens (tertiary/aromatic N) is 3. The van der Waals surface area contributed by atoms with Crippen LogP contribution in [-0.4, -0.2) is 21.6 Å². The molecule has 2 heterocycles. The molecule has 0 aliphatic heterocycles. The maximum absolute atomic E-state index is 12.2. The molecule has 126 valence electrons. The van der Waals surface area contributed by atoms with Crippen molar-refractivity contribution < 1.29 is 4.90 Å². The molecule has 0 aliphatic carbocycles. The SMILES string of the molecule is CCc1nn2c(=O)cc(C[NH+](C)Cc3ccc(Cl)cc3Cl)nc2s1. The number of aryl methyl sites for hydroxylation is 1. The molecular weight excluding hydrogens is 367 g/mol. The molecule has 3 aromatic rings. The van der Waals surface area contributed by atoms with Gasteiger partial charge in [0.2, 0.25) is 4.96 Å². The number of benzene rings is 1. The number of aromatic nitrogens is 3. The summed E-state index contributed by atoms with van der Waals surface area (Å²) < 4.78 is 1.37. The monoisotopic (exact) mass is 383 g/mol. The lowest BCUT2D eigenvalue weighted by Gasteiger charge is -2.14. The van der Waals surface area contributed by atoms with Crippen LogP contribution in [0.3, 0.4) is 0 Å². The van der Waals surface area contributed by atoms with Gasteiger partial charge in [0.25, 0.3) is 5.56 Å². The Morgan fingerprint density at radius 3 is 2.75 bits per heavy atom. The molecule has 0 aliphatic rings. The Morgan fingerprint density at radius 1 is 1.25 bits per heavy atom. The highest BCUT2D eigenvalue weighted by molar-refractivity contribution is 7.16. The number of halogens is 2. The van der Waals surface area contributed by atoms with E-state index >= 15 is 0 Å². The molecule has 0 radical (unpaired) electrons. The molecule has 0 amide bonds. The van der Waals surface area contributed by atoms with E-state index in [4.69, 9.17) is 23.2 Å². The summed E-state index contributed by atoms with van der Waals surface area (Å²) in [7, 11) is 2.04. The van der Waals surface area contributed by atoms with Gasteiger partial charge < -0.3 is 4.90 Å². The third-order valence-corrected chi connectivity index (χ3v) is 5.27. The second-order valence-electron chi connectivity index (χ2n) is 5.68. The van der Waals surface area contributed by atoms with Crippen LogP contribution in [0.4, 0.5) is 0 Å². The lowest BCUT2D eigenvalue weighted by atomic mass is 10.2. The Labute approximate surface area is 153 Å². The molecule has 8 heteroatoms. The molecule has 0 saturated carbocycles. The van der Waals surface area contributed by atoms with Crippen LogP contribution in [0.2, 0.25) is 10.0 Å². The molecule has 5 nitrogen and oxygen atoms in total. The summed E-state index contributed by atoms with van der Waals surface area (Å²) >= 11 is 13.6. The van der Waals surface area contributed by atoms with E-state index in [0.717, 1.165) is 29.2 Å². The van der Waals surface area contributed by atoms with Gasteiger partial charge >= 0.3 is 0 Å². The van der Waals surface area contributed by atoms with Crippen LogP contribution in [0.25, 0.3) is 4.96 Å².